The topological polar surface area (TPSA) is 42.2 Å². The Morgan fingerprint density at radius 1 is 1.15 bits per heavy atom. The Morgan fingerprint density at radius 3 is 2.90 bits per heavy atom. The minimum Gasteiger partial charge on any atom is -0.306 e. The van der Waals surface area contributed by atoms with E-state index in [0.29, 0.717) is 23.7 Å². The lowest BCUT2D eigenvalue weighted by molar-refractivity contribution is 0.581. The average molecular weight is 291 g/mol. The minimum absolute atomic E-state index is 0.309. The van der Waals surface area contributed by atoms with Gasteiger partial charge in [0.25, 0.3) is 0 Å². The van der Waals surface area contributed by atoms with Gasteiger partial charge in [0.2, 0.25) is 0 Å². The van der Waals surface area contributed by atoms with Crippen LogP contribution in [0.25, 0.3) is 5.65 Å². The fraction of sp³-hybridized carbons (Fsp3) is 0.143. The molecule has 20 heavy (non-hydrogen) atoms. The Balaban J connectivity index is 1.68. The number of hydrogen-bond donors (Lipinski definition) is 1. The highest BCUT2D eigenvalue weighted by Crippen LogP contribution is 2.14. The predicted molar refractivity (Wildman–Crippen MR) is 74.9 cm³/mol. The van der Waals surface area contributed by atoms with E-state index in [1.165, 1.54) is 6.07 Å². The van der Waals surface area contributed by atoms with E-state index in [0.717, 1.165) is 11.5 Å². The van der Waals surface area contributed by atoms with E-state index >= 15 is 0 Å². The number of halogens is 2. The molecule has 102 valence electrons. The van der Waals surface area contributed by atoms with Crippen LogP contribution in [-0.4, -0.2) is 14.6 Å². The maximum absolute atomic E-state index is 13.6. The third kappa shape index (κ3) is 2.64. The lowest BCUT2D eigenvalue weighted by atomic mass is 10.2. The van der Waals surface area contributed by atoms with Gasteiger partial charge in [0.1, 0.15) is 5.82 Å². The van der Waals surface area contributed by atoms with Gasteiger partial charge in [-0.1, -0.05) is 23.7 Å². The number of hydrogen-bond acceptors (Lipinski definition) is 3. The molecule has 3 aromatic rings. The maximum atomic E-state index is 13.6. The summed E-state index contributed by atoms with van der Waals surface area (Å²) in [5.41, 5.74) is 1.37. The Bertz CT molecular complexity index is 741. The Kier molecular flexibility index (Phi) is 3.62. The molecule has 0 saturated heterocycles. The van der Waals surface area contributed by atoms with Crippen LogP contribution in [0.5, 0.6) is 0 Å². The Hall–Kier alpha value is -1.98. The summed E-state index contributed by atoms with van der Waals surface area (Å²) in [6, 6.07) is 10.4. The molecular weight excluding hydrogens is 279 g/mol. The van der Waals surface area contributed by atoms with Gasteiger partial charge in [0.05, 0.1) is 6.54 Å². The Morgan fingerprint density at radius 2 is 2.05 bits per heavy atom. The van der Waals surface area contributed by atoms with E-state index in [9.17, 15) is 4.39 Å². The van der Waals surface area contributed by atoms with Crippen LogP contribution in [0.4, 0.5) is 4.39 Å². The summed E-state index contributed by atoms with van der Waals surface area (Å²) in [7, 11) is 0. The van der Waals surface area contributed by atoms with Crippen LogP contribution in [0.1, 0.15) is 11.4 Å². The van der Waals surface area contributed by atoms with Gasteiger partial charge >= 0.3 is 0 Å². The molecule has 0 amide bonds. The van der Waals surface area contributed by atoms with Crippen LogP contribution in [0.3, 0.4) is 0 Å². The van der Waals surface area contributed by atoms with Gasteiger partial charge < -0.3 is 5.32 Å². The summed E-state index contributed by atoms with van der Waals surface area (Å²) in [4.78, 5) is 0. The van der Waals surface area contributed by atoms with Crippen molar-refractivity contribution in [2.45, 2.75) is 13.1 Å². The van der Waals surface area contributed by atoms with Crippen molar-refractivity contribution in [2.24, 2.45) is 0 Å². The monoisotopic (exact) mass is 290 g/mol. The number of fused-ring (bicyclic) bond motifs is 1. The van der Waals surface area contributed by atoms with E-state index < -0.39 is 0 Å². The second-order valence-corrected chi connectivity index (χ2v) is 4.82. The first kappa shape index (κ1) is 13.0. The molecule has 4 nitrogen and oxygen atoms in total. The molecule has 0 saturated carbocycles. The number of aromatic nitrogens is 3. The lowest BCUT2D eigenvalue weighted by Gasteiger charge is -2.05. The van der Waals surface area contributed by atoms with E-state index in [1.54, 1.807) is 12.1 Å². The molecule has 0 atom stereocenters. The highest BCUT2D eigenvalue weighted by molar-refractivity contribution is 6.30. The van der Waals surface area contributed by atoms with Crippen molar-refractivity contribution in [3.05, 3.63) is 64.8 Å². The molecule has 0 aliphatic carbocycles. The first-order chi connectivity index (χ1) is 9.74. The number of pyridine rings is 1. The fourth-order valence-corrected chi connectivity index (χ4v) is 2.14. The number of benzene rings is 1. The highest BCUT2D eigenvalue weighted by Gasteiger charge is 2.06. The van der Waals surface area contributed by atoms with Crippen molar-refractivity contribution in [2.75, 3.05) is 0 Å². The number of rotatable bonds is 4. The zero-order chi connectivity index (χ0) is 13.9. The molecule has 1 aromatic carbocycles. The van der Waals surface area contributed by atoms with Crippen LogP contribution in [0.2, 0.25) is 5.02 Å². The van der Waals surface area contributed by atoms with E-state index in [2.05, 4.69) is 15.5 Å². The zero-order valence-corrected chi connectivity index (χ0v) is 11.3. The largest absolute Gasteiger partial charge is 0.306 e. The van der Waals surface area contributed by atoms with Crippen LogP contribution in [0, 0.1) is 5.82 Å². The van der Waals surface area contributed by atoms with Gasteiger partial charge in [0.15, 0.2) is 11.5 Å². The van der Waals surface area contributed by atoms with E-state index in [-0.39, 0.29) is 5.82 Å². The minimum atomic E-state index is -0.309. The smallest absolute Gasteiger partial charge is 0.160 e. The number of nitrogens with zero attached hydrogens (tertiary/aromatic N) is 3. The molecule has 0 radical (unpaired) electrons. The quantitative estimate of drug-likeness (QED) is 0.803. The SMILES string of the molecule is Fc1cc(Cl)ccc1CNCc1nnc2ccccn12. The molecule has 0 fully saturated rings. The van der Waals surface area contributed by atoms with Crippen molar-refractivity contribution in [1.82, 2.24) is 19.9 Å². The molecule has 2 heterocycles. The van der Waals surface area contributed by atoms with Crippen molar-refractivity contribution in [3.63, 3.8) is 0 Å². The van der Waals surface area contributed by atoms with Crippen molar-refractivity contribution < 1.29 is 4.39 Å². The second kappa shape index (κ2) is 5.56. The molecular formula is C14H12ClFN4. The lowest BCUT2D eigenvalue weighted by Crippen LogP contribution is -2.15. The normalized spacial score (nSPS) is 11.1. The van der Waals surface area contributed by atoms with Crippen LogP contribution < -0.4 is 5.32 Å². The first-order valence-corrected chi connectivity index (χ1v) is 6.55. The summed E-state index contributed by atoms with van der Waals surface area (Å²) in [6.45, 7) is 0.915. The highest BCUT2D eigenvalue weighted by atomic mass is 35.5. The molecule has 0 unspecified atom stereocenters. The molecule has 0 aliphatic rings. The molecule has 0 bridgehead atoms. The average Bonchev–Trinajstić information content (AvgIpc) is 2.85. The standard InChI is InChI=1S/C14H12ClFN4/c15-11-5-4-10(12(16)7-11)8-17-9-14-19-18-13-3-1-2-6-20(13)14/h1-7,17H,8-9H2. The fourth-order valence-electron chi connectivity index (χ4n) is 1.99. The summed E-state index contributed by atoms with van der Waals surface area (Å²) in [6.07, 6.45) is 1.90. The van der Waals surface area contributed by atoms with Crippen LogP contribution >= 0.6 is 11.6 Å². The van der Waals surface area contributed by atoms with Gasteiger partial charge in [-0.15, -0.1) is 10.2 Å². The van der Waals surface area contributed by atoms with Crippen LogP contribution in [-0.2, 0) is 13.1 Å². The molecule has 0 spiro atoms. The second-order valence-electron chi connectivity index (χ2n) is 4.38. The van der Waals surface area contributed by atoms with Gasteiger partial charge in [-0.2, -0.15) is 0 Å². The molecule has 2 aromatic heterocycles. The van der Waals surface area contributed by atoms with Crippen molar-refractivity contribution in [1.29, 1.82) is 0 Å². The molecule has 6 heteroatoms. The van der Waals surface area contributed by atoms with E-state index in [1.807, 2.05) is 28.8 Å². The molecule has 1 N–H and O–H groups in total. The van der Waals surface area contributed by atoms with Gasteiger partial charge in [-0.05, 0) is 24.3 Å². The summed E-state index contributed by atoms with van der Waals surface area (Å²) in [5.74, 6) is 0.478. The van der Waals surface area contributed by atoms with Crippen LogP contribution in [0.15, 0.2) is 42.6 Å². The molecule has 3 rings (SSSR count). The van der Waals surface area contributed by atoms with Crippen molar-refractivity contribution in [3.8, 4) is 0 Å². The summed E-state index contributed by atoms with van der Waals surface area (Å²) >= 11 is 5.72. The summed E-state index contributed by atoms with van der Waals surface area (Å²) in [5, 5.41) is 11.7. The Labute approximate surface area is 120 Å². The van der Waals surface area contributed by atoms with Gasteiger partial charge in [-0.3, -0.25) is 4.40 Å². The zero-order valence-electron chi connectivity index (χ0n) is 10.6. The third-order valence-electron chi connectivity index (χ3n) is 3.00. The summed E-state index contributed by atoms with van der Waals surface area (Å²) < 4.78 is 15.5. The molecule has 0 aliphatic heterocycles. The first-order valence-electron chi connectivity index (χ1n) is 6.17. The van der Waals surface area contributed by atoms with Crippen molar-refractivity contribution >= 4 is 17.2 Å². The maximum Gasteiger partial charge on any atom is 0.160 e. The van der Waals surface area contributed by atoms with Gasteiger partial charge in [0, 0.05) is 23.3 Å². The third-order valence-corrected chi connectivity index (χ3v) is 3.23. The number of nitrogens with one attached hydrogen (secondary N) is 1. The van der Waals surface area contributed by atoms with Gasteiger partial charge in [-0.25, -0.2) is 4.39 Å². The van der Waals surface area contributed by atoms with E-state index in [4.69, 9.17) is 11.6 Å². The predicted octanol–water partition coefficient (Wildman–Crippen LogP) is 2.81.